The summed E-state index contributed by atoms with van der Waals surface area (Å²) in [6.45, 7) is 2.00. The number of rotatable bonds is 5. The average molecular weight is 387 g/mol. The van der Waals surface area contributed by atoms with Gasteiger partial charge in [-0.2, -0.15) is 0 Å². The number of anilines is 2. The highest BCUT2D eigenvalue weighted by Crippen LogP contribution is 2.23. The molecule has 0 spiro atoms. The summed E-state index contributed by atoms with van der Waals surface area (Å²) in [6.07, 6.45) is 1.82. The van der Waals surface area contributed by atoms with Crippen LogP contribution in [0.25, 0.3) is 0 Å². The molecular formula is C20H23ClN4O2. The van der Waals surface area contributed by atoms with Crippen molar-refractivity contribution in [2.45, 2.75) is 19.4 Å². The fraction of sp³-hybridized carbons (Fsp3) is 0.300. The minimum atomic E-state index is -0.276. The van der Waals surface area contributed by atoms with Crippen LogP contribution in [0.3, 0.4) is 0 Å². The number of primary amides is 1. The van der Waals surface area contributed by atoms with Crippen LogP contribution in [0.2, 0.25) is 5.02 Å². The molecule has 1 fully saturated rings. The van der Waals surface area contributed by atoms with Gasteiger partial charge in [-0.1, -0.05) is 23.7 Å². The normalized spacial score (nSPS) is 16.6. The van der Waals surface area contributed by atoms with Crippen LogP contribution in [-0.4, -0.2) is 25.0 Å². The largest absolute Gasteiger partial charge is 0.371 e. The number of urea groups is 1. The molecule has 0 unspecified atom stereocenters. The number of amides is 3. The number of hydrogen-bond donors (Lipinski definition) is 3. The second-order valence-electron chi connectivity index (χ2n) is 6.67. The van der Waals surface area contributed by atoms with E-state index in [9.17, 15) is 9.59 Å². The molecule has 142 valence electrons. The molecule has 1 saturated heterocycles. The lowest BCUT2D eigenvalue weighted by atomic mass is 9.97. The first-order valence-corrected chi connectivity index (χ1v) is 9.32. The summed E-state index contributed by atoms with van der Waals surface area (Å²) in [6, 6.07) is 14.6. The third kappa shape index (κ3) is 5.37. The lowest BCUT2D eigenvalue weighted by Gasteiger charge is -2.33. The van der Waals surface area contributed by atoms with Crippen molar-refractivity contribution in [1.82, 2.24) is 5.32 Å². The Morgan fingerprint density at radius 1 is 1.11 bits per heavy atom. The molecule has 3 amide bonds. The number of nitrogens with zero attached hydrogens (tertiary/aromatic N) is 1. The molecule has 0 aliphatic carbocycles. The van der Waals surface area contributed by atoms with Crippen molar-refractivity contribution in [2.24, 2.45) is 11.7 Å². The Morgan fingerprint density at radius 2 is 1.81 bits per heavy atom. The van der Waals surface area contributed by atoms with E-state index in [1.165, 1.54) is 0 Å². The quantitative estimate of drug-likeness (QED) is 0.736. The molecule has 1 aliphatic heterocycles. The summed E-state index contributed by atoms with van der Waals surface area (Å²) in [7, 11) is 0. The number of benzene rings is 2. The van der Waals surface area contributed by atoms with Crippen molar-refractivity contribution >= 4 is 34.9 Å². The van der Waals surface area contributed by atoms with Crippen LogP contribution >= 0.6 is 11.6 Å². The summed E-state index contributed by atoms with van der Waals surface area (Å²) in [5, 5.41) is 6.20. The maximum absolute atomic E-state index is 12.0. The molecule has 1 heterocycles. The summed E-state index contributed by atoms with van der Waals surface area (Å²) >= 11 is 5.83. The van der Waals surface area contributed by atoms with Gasteiger partial charge in [0.1, 0.15) is 0 Å². The molecule has 2 aromatic rings. The van der Waals surface area contributed by atoms with Gasteiger partial charge in [0.15, 0.2) is 0 Å². The number of carbonyl (C=O) groups excluding carboxylic acids is 2. The van der Waals surface area contributed by atoms with Crippen molar-refractivity contribution in [1.29, 1.82) is 0 Å². The van der Waals surface area contributed by atoms with Crippen LogP contribution in [0, 0.1) is 5.92 Å². The van der Waals surface area contributed by atoms with Gasteiger partial charge in [0.05, 0.1) is 5.92 Å². The smallest absolute Gasteiger partial charge is 0.319 e. The van der Waals surface area contributed by atoms with Gasteiger partial charge in [0.2, 0.25) is 5.91 Å². The van der Waals surface area contributed by atoms with Crippen LogP contribution in [-0.2, 0) is 11.3 Å². The van der Waals surface area contributed by atoms with Crippen molar-refractivity contribution in [3.05, 3.63) is 59.1 Å². The molecule has 1 aliphatic rings. The van der Waals surface area contributed by atoms with Crippen LogP contribution in [0.4, 0.5) is 16.2 Å². The van der Waals surface area contributed by atoms with Crippen LogP contribution in [0.5, 0.6) is 0 Å². The molecular weight excluding hydrogens is 364 g/mol. The third-order valence-corrected chi connectivity index (χ3v) is 4.93. The molecule has 4 N–H and O–H groups in total. The molecule has 6 nitrogen and oxygen atoms in total. The fourth-order valence-corrected chi connectivity index (χ4v) is 3.29. The Kier molecular flexibility index (Phi) is 6.19. The Morgan fingerprint density at radius 3 is 2.48 bits per heavy atom. The highest BCUT2D eigenvalue weighted by atomic mass is 35.5. The lowest BCUT2D eigenvalue weighted by Crippen LogP contribution is -2.41. The zero-order valence-corrected chi connectivity index (χ0v) is 15.7. The average Bonchev–Trinajstić information content (AvgIpc) is 2.69. The topological polar surface area (TPSA) is 87.5 Å². The molecule has 0 aromatic heterocycles. The molecule has 7 heteroatoms. The zero-order chi connectivity index (χ0) is 19.2. The second kappa shape index (κ2) is 8.77. The predicted molar refractivity (Wildman–Crippen MR) is 108 cm³/mol. The first kappa shape index (κ1) is 19.0. The lowest BCUT2D eigenvalue weighted by molar-refractivity contribution is -0.122. The number of halogens is 1. The molecule has 0 saturated carbocycles. The number of carbonyl (C=O) groups is 2. The molecule has 27 heavy (non-hydrogen) atoms. The van der Waals surface area contributed by atoms with Gasteiger partial charge in [-0.3, -0.25) is 4.79 Å². The third-order valence-electron chi connectivity index (χ3n) is 4.68. The number of nitrogens with two attached hydrogens (primary N) is 1. The first-order chi connectivity index (χ1) is 13.0. The Balaban J connectivity index is 1.51. The second-order valence-corrected chi connectivity index (χ2v) is 7.10. The monoisotopic (exact) mass is 386 g/mol. The van der Waals surface area contributed by atoms with E-state index in [-0.39, 0.29) is 17.9 Å². The minimum absolute atomic E-state index is 0.0864. The van der Waals surface area contributed by atoms with Crippen LogP contribution < -0.4 is 21.3 Å². The van der Waals surface area contributed by atoms with Gasteiger partial charge in [-0.05, 0) is 54.8 Å². The van der Waals surface area contributed by atoms with Crippen LogP contribution in [0.15, 0.2) is 48.5 Å². The standard InChI is InChI=1S/C20H23ClN4O2/c21-16-5-7-17(8-6-16)24-20(27)23-12-14-3-9-18(10-4-14)25-11-1-2-15(13-25)19(22)26/h3-10,15H,1-2,11-13H2,(H2,22,26)(H2,23,24,27)/t15-/m1/s1. The highest BCUT2D eigenvalue weighted by Gasteiger charge is 2.23. The van der Waals surface area contributed by atoms with Gasteiger partial charge >= 0.3 is 6.03 Å². The van der Waals surface area contributed by atoms with E-state index < -0.39 is 0 Å². The van der Waals surface area contributed by atoms with Gasteiger partial charge in [0, 0.05) is 36.0 Å². The van der Waals surface area contributed by atoms with Crippen molar-refractivity contribution in [3.8, 4) is 0 Å². The van der Waals surface area contributed by atoms with Gasteiger partial charge in [-0.15, -0.1) is 0 Å². The SMILES string of the molecule is NC(=O)[C@@H]1CCCN(c2ccc(CNC(=O)Nc3ccc(Cl)cc3)cc2)C1. The van der Waals surface area contributed by atoms with E-state index >= 15 is 0 Å². The molecule has 0 radical (unpaired) electrons. The van der Waals surface area contributed by atoms with E-state index in [1.807, 2.05) is 24.3 Å². The molecule has 2 aromatic carbocycles. The minimum Gasteiger partial charge on any atom is -0.371 e. The maximum Gasteiger partial charge on any atom is 0.319 e. The van der Waals surface area contributed by atoms with E-state index in [2.05, 4.69) is 15.5 Å². The zero-order valence-electron chi connectivity index (χ0n) is 15.0. The Bertz CT molecular complexity index is 793. The number of piperidine rings is 1. The van der Waals surface area contributed by atoms with Gasteiger partial charge < -0.3 is 21.3 Å². The molecule has 3 rings (SSSR count). The summed E-state index contributed by atoms with van der Waals surface area (Å²) < 4.78 is 0. The summed E-state index contributed by atoms with van der Waals surface area (Å²) in [5.74, 6) is -0.316. The highest BCUT2D eigenvalue weighted by molar-refractivity contribution is 6.30. The van der Waals surface area contributed by atoms with E-state index in [0.29, 0.717) is 23.8 Å². The van der Waals surface area contributed by atoms with Crippen molar-refractivity contribution in [2.75, 3.05) is 23.3 Å². The van der Waals surface area contributed by atoms with Crippen LogP contribution in [0.1, 0.15) is 18.4 Å². The van der Waals surface area contributed by atoms with Crippen molar-refractivity contribution in [3.63, 3.8) is 0 Å². The van der Waals surface area contributed by atoms with Gasteiger partial charge in [-0.25, -0.2) is 4.79 Å². The van der Waals surface area contributed by atoms with E-state index in [0.717, 1.165) is 30.6 Å². The summed E-state index contributed by atoms with van der Waals surface area (Å²) in [4.78, 5) is 25.6. The summed E-state index contributed by atoms with van der Waals surface area (Å²) in [5.41, 5.74) is 8.18. The van der Waals surface area contributed by atoms with Crippen molar-refractivity contribution < 1.29 is 9.59 Å². The Hall–Kier alpha value is -2.73. The Labute approximate surface area is 163 Å². The fourth-order valence-electron chi connectivity index (χ4n) is 3.16. The number of nitrogens with one attached hydrogen (secondary N) is 2. The number of hydrogen-bond acceptors (Lipinski definition) is 3. The molecule has 0 bridgehead atoms. The predicted octanol–water partition coefficient (Wildman–Crippen LogP) is 3.36. The first-order valence-electron chi connectivity index (χ1n) is 8.95. The van der Waals surface area contributed by atoms with E-state index in [4.69, 9.17) is 17.3 Å². The van der Waals surface area contributed by atoms with E-state index in [1.54, 1.807) is 24.3 Å². The molecule has 1 atom stereocenters. The van der Waals surface area contributed by atoms with Gasteiger partial charge in [0.25, 0.3) is 0 Å². The maximum atomic E-state index is 12.0.